The maximum absolute atomic E-state index is 12.9. The number of carbonyl (C=O) groups is 4. The molecule has 1 aliphatic carbocycles. The highest BCUT2D eigenvalue weighted by Crippen LogP contribution is 2.35. The number of hydrogen-bond acceptors (Lipinski definition) is 4. The van der Waals surface area contributed by atoms with Crippen LogP contribution in [0.15, 0.2) is 24.3 Å². The van der Waals surface area contributed by atoms with Crippen molar-refractivity contribution in [2.75, 3.05) is 11.4 Å². The summed E-state index contributed by atoms with van der Waals surface area (Å²) in [6, 6.07) is 7.17. The van der Waals surface area contributed by atoms with E-state index in [1.54, 1.807) is 4.90 Å². The molecule has 3 aliphatic rings. The van der Waals surface area contributed by atoms with Gasteiger partial charge in [-0.3, -0.25) is 19.8 Å². The Morgan fingerprint density at radius 2 is 1.90 bits per heavy atom. The quantitative estimate of drug-likeness (QED) is 0.708. The summed E-state index contributed by atoms with van der Waals surface area (Å²) in [7, 11) is 0. The fourth-order valence-electron chi connectivity index (χ4n) is 4.90. The molecule has 5 amide bonds. The fourth-order valence-corrected chi connectivity index (χ4v) is 4.90. The van der Waals surface area contributed by atoms with Crippen LogP contribution in [0.3, 0.4) is 0 Å². The van der Waals surface area contributed by atoms with Crippen LogP contribution in [0, 0.1) is 5.92 Å². The van der Waals surface area contributed by atoms with E-state index in [1.807, 2.05) is 24.3 Å². The minimum atomic E-state index is -0.893. The van der Waals surface area contributed by atoms with Gasteiger partial charge in [0.25, 0.3) is 5.91 Å². The summed E-state index contributed by atoms with van der Waals surface area (Å²) in [4.78, 5) is 52.6. The number of imide groups is 1. The van der Waals surface area contributed by atoms with Crippen LogP contribution in [0.1, 0.15) is 70.3 Å². The molecule has 2 atom stereocenters. The Bertz CT molecular complexity index is 909. The first-order valence-corrected chi connectivity index (χ1v) is 11.2. The van der Waals surface area contributed by atoms with Crippen molar-refractivity contribution in [1.82, 2.24) is 15.8 Å². The molecule has 4 rings (SSSR count). The molecule has 3 fully saturated rings. The average molecular weight is 427 g/mol. The van der Waals surface area contributed by atoms with Gasteiger partial charge in [-0.2, -0.15) is 5.01 Å². The minimum absolute atomic E-state index is 0.0511. The molecule has 2 heterocycles. The van der Waals surface area contributed by atoms with Gasteiger partial charge in [-0.15, -0.1) is 0 Å². The lowest BCUT2D eigenvalue weighted by Crippen LogP contribution is -2.52. The van der Waals surface area contributed by atoms with Crippen molar-refractivity contribution in [3.8, 4) is 0 Å². The van der Waals surface area contributed by atoms with Gasteiger partial charge in [0.05, 0.1) is 5.92 Å². The van der Waals surface area contributed by atoms with Gasteiger partial charge < -0.3 is 10.2 Å². The number of urea groups is 1. The molecule has 8 nitrogen and oxygen atoms in total. The molecule has 8 heteroatoms. The highest BCUT2D eigenvalue weighted by Gasteiger charge is 2.52. The predicted molar refractivity (Wildman–Crippen MR) is 115 cm³/mol. The van der Waals surface area contributed by atoms with Crippen LogP contribution < -0.4 is 15.6 Å². The maximum Gasteiger partial charge on any atom is 0.344 e. The van der Waals surface area contributed by atoms with Gasteiger partial charge in [0, 0.05) is 18.7 Å². The van der Waals surface area contributed by atoms with Crippen molar-refractivity contribution in [3.63, 3.8) is 0 Å². The number of para-hydroxylation sites is 1. The molecule has 2 saturated heterocycles. The third-order valence-corrected chi connectivity index (χ3v) is 6.96. The number of hydrogen-bond donors (Lipinski definition) is 2. The van der Waals surface area contributed by atoms with Gasteiger partial charge in [-0.05, 0) is 36.8 Å². The van der Waals surface area contributed by atoms with Gasteiger partial charge in [0.2, 0.25) is 11.8 Å². The number of amides is 5. The largest absolute Gasteiger partial charge is 0.344 e. The smallest absolute Gasteiger partial charge is 0.322 e. The van der Waals surface area contributed by atoms with Gasteiger partial charge in [-0.1, -0.05) is 51.3 Å². The predicted octanol–water partition coefficient (Wildman–Crippen LogP) is 2.84. The van der Waals surface area contributed by atoms with Crippen LogP contribution in [0.25, 0.3) is 0 Å². The van der Waals surface area contributed by atoms with Gasteiger partial charge >= 0.3 is 6.03 Å². The number of carbonyl (C=O) groups excluding carboxylic acids is 4. The second-order valence-corrected chi connectivity index (χ2v) is 8.96. The van der Waals surface area contributed by atoms with E-state index in [1.165, 1.54) is 0 Å². The summed E-state index contributed by atoms with van der Waals surface area (Å²) in [6.45, 7) is 4.44. The Kier molecular flexibility index (Phi) is 5.73. The Hall–Kier alpha value is -2.90. The van der Waals surface area contributed by atoms with Crippen LogP contribution in [0.2, 0.25) is 0 Å². The van der Waals surface area contributed by atoms with Crippen LogP contribution >= 0.6 is 0 Å². The number of anilines is 1. The third-order valence-electron chi connectivity index (χ3n) is 6.96. The molecule has 2 N–H and O–H groups in total. The van der Waals surface area contributed by atoms with Crippen LogP contribution in [-0.4, -0.2) is 40.8 Å². The molecule has 166 valence electrons. The van der Waals surface area contributed by atoms with Crippen LogP contribution in [-0.2, 0) is 14.4 Å². The third kappa shape index (κ3) is 3.79. The topological polar surface area (TPSA) is 98.8 Å². The highest BCUT2D eigenvalue weighted by atomic mass is 16.2. The van der Waals surface area contributed by atoms with Gasteiger partial charge in [-0.25, -0.2) is 4.79 Å². The van der Waals surface area contributed by atoms with E-state index in [0.29, 0.717) is 12.8 Å². The van der Waals surface area contributed by atoms with Crippen molar-refractivity contribution in [1.29, 1.82) is 0 Å². The first kappa shape index (κ1) is 21.3. The van der Waals surface area contributed by atoms with Crippen molar-refractivity contribution in [2.24, 2.45) is 5.92 Å². The van der Waals surface area contributed by atoms with E-state index in [9.17, 15) is 19.2 Å². The summed E-state index contributed by atoms with van der Waals surface area (Å²) in [5.74, 6) is -1.34. The second-order valence-electron chi connectivity index (χ2n) is 8.96. The summed E-state index contributed by atoms with van der Waals surface area (Å²) < 4.78 is 0. The first-order chi connectivity index (χ1) is 14.9. The van der Waals surface area contributed by atoms with Gasteiger partial charge in [0.1, 0.15) is 5.54 Å². The second kappa shape index (κ2) is 8.32. The Morgan fingerprint density at radius 1 is 1.19 bits per heavy atom. The number of nitrogens with zero attached hydrogens (tertiary/aromatic N) is 2. The number of rotatable bonds is 5. The maximum atomic E-state index is 12.9. The zero-order valence-electron chi connectivity index (χ0n) is 18.1. The minimum Gasteiger partial charge on any atom is -0.322 e. The lowest BCUT2D eigenvalue weighted by atomic mass is 9.82. The Labute approximate surface area is 182 Å². The van der Waals surface area contributed by atoms with Crippen molar-refractivity contribution < 1.29 is 19.2 Å². The fraction of sp³-hybridized carbons (Fsp3) is 0.565. The van der Waals surface area contributed by atoms with E-state index in [2.05, 4.69) is 24.6 Å². The Morgan fingerprint density at radius 3 is 2.61 bits per heavy atom. The zero-order valence-corrected chi connectivity index (χ0v) is 18.1. The van der Waals surface area contributed by atoms with Crippen molar-refractivity contribution >= 4 is 29.4 Å². The molecule has 1 saturated carbocycles. The lowest BCUT2D eigenvalue weighted by molar-refractivity contribution is -0.141. The van der Waals surface area contributed by atoms with Crippen LogP contribution in [0.5, 0.6) is 0 Å². The summed E-state index contributed by atoms with van der Waals surface area (Å²) in [5, 5.41) is 3.59. The average Bonchev–Trinajstić information content (AvgIpc) is 3.27. The molecule has 31 heavy (non-hydrogen) atoms. The normalized spacial score (nSPS) is 23.9. The number of benzene rings is 1. The monoisotopic (exact) mass is 426 g/mol. The molecular weight excluding hydrogens is 396 g/mol. The van der Waals surface area contributed by atoms with E-state index >= 15 is 0 Å². The van der Waals surface area contributed by atoms with Crippen molar-refractivity contribution in [2.45, 2.75) is 70.3 Å². The summed E-state index contributed by atoms with van der Waals surface area (Å²) in [5.41, 5.74) is 3.50. The zero-order chi connectivity index (χ0) is 22.2. The van der Waals surface area contributed by atoms with E-state index in [-0.39, 0.29) is 24.8 Å². The first-order valence-electron chi connectivity index (χ1n) is 11.2. The lowest BCUT2D eigenvalue weighted by Gasteiger charge is -2.30. The summed E-state index contributed by atoms with van der Waals surface area (Å²) in [6.07, 6.45) is 4.95. The van der Waals surface area contributed by atoms with Crippen LogP contribution in [0.4, 0.5) is 10.5 Å². The van der Waals surface area contributed by atoms with E-state index in [4.69, 9.17) is 0 Å². The van der Waals surface area contributed by atoms with E-state index in [0.717, 1.165) is 41.9 Å². The molecule has 1 spiro atoms. The SMILES string of the molecule is CC[C@@H](C)c1ccccc1N1C[C@@H](C(=O)NN2C(=O)NC3(CCCCC3)C2=O)CC1=O. The molecule has 0 radical (unpaired) electrons. The standard InChI is InChI=1S/C23H30N4O4/c1-3-15(2)17-9-5-6-10-18(17)26-14-16(13-19(26)28)20(29)25-27-21(30)23(24-22(27)31)11-7-4-8-12-23/h5-6,9-10,15-16H,3-4,7-8,11-14H2,1-2H3,(H,24,31)(H,25,29)/t15-,16+/m1/s1. The molecule has 1 aromatic rings. The highest BCUT2D eigenvalue weighted by molar-refractivity contribution is 6.08. The van der Waals surface area contributed by atoms with E-state index < -0.39 is 29.3 Å². The molecule has 0 bridgehead atoms. The number of nitrogens with one attached hydrogen (secondary N) is 2. The molecule has 0 unspecified atom stereocenters. The van der Waals surface area contributed by atoms with Crippen molar-refractivity contribution in [3.05, 3.63) is 29.8 Å². The summed E-state index contributed by atoms with van der Waals surface area (Å²) >= 11 is 0. The molecule has 1 aromatic carbocycles. The number of hydrazine groups is 1. The Balaban J connectivity index is 1.46. The molecule has 0 aromatic heterocycles. The molecular formula is C23H30N4O4. The van der Waals surface area contributed by atoms with Gasteiger partial charge in [0.15, 0.2) is 0 Å². The molecule has 2 aliphatic heterocycles.